The summed E-state index contributed by atoms with van der Waals surface area (Å²) >= 11 is 0. The maximum absolute atomic E-state index is 12.4. The van der Waals surface area contributed by atoms with E-state index in [0.29, 0.717) is 27.8 Å². The van der Waals surface area contributed by atoms with E-state index in [1.807, 2.05) is 6.07 Å². The third-order valence-corrected chi connectivity index (χ3v) is 6.43. The van der Waals surface area contributed by atoms with Crippen LogP contribution in [0.1, 0.15) is 55.9 Å². The van der Waals surface area contributed by atoms with Gasteiger partial charge in [-0.1, -0.05) is 0 Å². The SMILES string of the molecule is N#Cc1c(N2CCC3(CC2)CC3)c2nc([C@@H](O)C3CC3)ccc2[nH]c1=O. The molecule has 1 aliphatic heterocycles. The number of pyridine rings is 2. The van der Waals surface area contributed by atoms with Crippen LogP contribution >= 0.6 is 0 Å². The van der Waals surface area contributed by atoms with Gasteiger partial charge in [-0.15, -0.1) is 0 Å². The van der Waals surface area contributed by atoms with Gasteiger partial charge in [0.15, 0.2) is 0 Å². The van der Waals surface area contributed by atoms with E-state index in [1.165, 1.54) is 12.8 Å². The topological polar surface area (TPSA) is 93.0 Å². The number of aromatic nitrogens is 2. The zero-order valence-electron chi connectivity index (χ0n) is 14.7. The summed E-state index contributed by atoms with van der Waals surface area (Å²) in [5.41, 5.74) is 2.82. The predicted molar refractivity (Wildman–Crippen MR) is 97.9 cm³/mol. The van der Waals surface area contributed by atoms with Crippen molar-refractivity contribution >= 4 is 16.7 Å². The van der Waals surface area contributed by atoms with Gasteiger partial charge in [-0.25, -0.2) is 4.98 Å². The van der Waals surface area contributed by atoms with Gasteiger partial charge in [-0.2, -0.15) is 5.26 Å². The standard InChI is InChI=1S/C20H22N4O2/c21-11-13-17(24-9-7-20(5-6-20)8-10-24)16-14(23-19(13)26)3-4-15(22-16)18(25)12-1-2-12/h3-4,12,18,25H,1-2,5-10H2,(H,23,26)/t18-/m0/s1. The fourth-order valence-electron chi connectivity index (χ4n) is 4.28. The lowest BCUT2D eigenvalue weighted by atomic mass is 9.93. The van der Waals surface area contributed by atoms with Crippen LogP contribution in [0.5, 0.6) is 0 Å². The molecule has 1 atom stereocenters. The Kier molecular flexibility index (Phi) is 3.38. The van der Waals surface area contributed by atoms with Gasteiger partial charge in [0.05, 0.1) is 23.0 Å². The van der Waals surface area contributed by atoms with Crippen LogP contribution in [0.3, 0.4) is 0 Å². The molecule has 1 spiro atoms. The van der Waals surface area contributed by atoms with Gasteiger partial charge in [0.1, 0.15) is 17.1 Å². The number of hydrogen-bond donors (Lipinski definition) is 2. The quantitative estimate of drug-likeness (QED) is 0.887. The van der Waals surface area contributed by atoms with E-state index in [9.17, 15) is 15.2 Å². The van der Waals surface area contributed by atoms with Crippen LogP contribution in [0.2, 0.25) is 0 Å². The molecule has 0 unspecified atom stereocenters. The molecular formula is C20H22N4O2. The Morgan fingerprint density at radius 2 is 2.00 bits per heavy atom. The first-order valence-corrected chi connectivity index (χ1v) is 9.50. The summed E-state index contributed by atoms with van der Waals surface area (Å²) in [6.07, 6.45) is 6.30. The summed E-state index contributed by atoms with van der Waals surface area (Å²) in [4.78, 5) is 22.1. The van der Waals surface area contributed by atoms with E-state index < -0.39 is 6.10 Å². The lowest BCUT2D eigenvalue weighted by Gasteiger charge is -2.34. The molecular weight excluding hydrogens is 328 g/mol. The monoisotopic (exact) mass is 350 g/mol. The Bertz CT molecular complexity index is 972. The second kappa shape index (κ2) is 5.55. The fraction of sp³-hybridized carbons (Fsp3) is 0.550. The Balaban J connectivity index is 1.63. The molecule has 0 amide bonds. The maximum atomic E-state index is 12.4. The Morgan fingerprint density at radius 1 is 1.27 bits per heavy atom. The second-order valence-electron chi connectivity index (χ2n) is 8.19. The number of piperidine rings is 1. The van der Waals surface area contributed by atoms with Gasteiger partial charge in [-0.3, -0.25) is 4.79 Å². The highest BCUT2D eigenvalue weighted by atomic mass is 16.3. The van der Waals surface area contributed by atoms with Crippen LogP contribution in [0.15, 0.2) is 16.9 Å². The highest BCUT2D eigenvalue weighted by Gasteiger charge is 2.45. The van der Waals surface area contributed by atoms with Crippen LogP contribution in [0.25, 0.3) is 11.0 Å². The minimum Gasteiger partial charge on any atom is -0.387 e. The number of nitrogens with one attached hydrogen (secondary N) is 1. The number of aliphatic hydroxyl groups excluding tert-OH is 1. The van der Waals surface area contributed by atoms with Crippen molar-refractivity contribution in [3.8, 4) is 6.07 Å². The molecule has 2 aromatic rings. The Labute approximate surface area is 151 Å². The molecule has 2 N–H and O–H groups in total. The number of rotatable bonds is 3. The van der Waals surface area contributed by atoms with Gasteiger partial charge in [0.2, 0.25) is 0 Å². The molecule has 1 saturated heterocycles. The van der Waals surface area contributed by atoms with Gasteiger partial charge in [0, 0.05) is 13.1 Å². The van der Waals surface area contributed by atoms with Gasteiger partial charge < -0.3 is 15.0 Å². The maximum Gasteiger partial charge on any atom is 0.268 e. The highest BCUT2D eigenvalue weighted by molar-refractivity contribution is 5.91. The molecule has 6 heteroatoms. The third-order valence-electron chi connectivity index (χ3n) is 6.43. The van der Waals surface area contributed by atoms with Crippen molar-refractivity contribution in [1.29, 1.82) is 5.26 Å². The first-order chi connectivity index (χ1) is 12.6. The second-order valence-corrected chi connectivity index (χ2v) is 8.19. The summed E-state index contributed by atoms with van der Waals surface area (Å²) in [5, 5.41) is 20.1. The number of nitrogens with zero attached hydrogens (tertiary/aromatic N) is 3. The molecule has 3 fully saturated rings. The summed E-state index contributed by atoms with van der Waals surface area (Å²) in [6.45, 7) is 1.70. The summed E-state index contributed by atoms with van der Waals surface area (Å²) < 4.78 is 0. The third kappa shape index (κ3) is 2.50. The Hall–Kier alpha value is -2.39. The van der Waals surface area contributed by atoms with E-state index >= 15 is 0 Å². The van der Waals surface area contributed by atoms with Crippen molar-refractivity contribution in [3.05, 3.63) is 33.7 Å². The van der Waals surface area contributed by atoms with Gasteiger partial charge in [0.25, 0.3) is 5.56 Å². The van der Waals surface area contributed by atoms with E-state index in [4.69, 9.17) is 4.98 Å². The smallest absolute Gasteiger partial charge is 0.268 e. The largest absolute Gasteiger partial charge is 0.387 e. The number of nitriles is 1. The van der Waals surface area contributed by atoms with Crippen molar-refractivity contribution < 1.29 is 5.11 Å². The molecule has 3 heterocycles. The van der Waals surface area contributed by atoms with Crippen LogP contribution < -0.4 is 10.5 Å². The fourth-order valence-corrected chi connectivity index (χ4v) is 4.28. The van der Waals surface area contributed by atoms with Gasteiger partial charge in [-0.05, 0) is 62.0 Å². The molecule has 2 aromatic heterocycles. The molecule has 134 valence electrons. The summed E-state index contributed by atoms with van der Waals surface area (Å²) in [6, 6.07) is 5.68. The van der Waals surface area contributed by atoms with Crippen molar-refractivity contribution in [2.45, 2.75) is 44.6 Å². The van der Waals surface area contributed by atoms with Crippen LogP contribution in [0, 0.1) is 22.7 Å². The first kappa shape index (κ1) is 15.8. The molecule has 2 aliphatic carbocycles. The number of fused-ring (bicyclic) bond motifs is 1. The lowest BCUT2D eigenvalue weighted by molar-refractivity contribution is 0.149. The first-order valence-electron chi connectivity index (χ1n) is 9.50. The van der Waals surface area contributed by atoms with Crippen molar-refractivity contribution in [2.24, 2.45) is 11.3 Å². The van der Waals surface area contributed by atoms with E-state index in [2.05, 4.69) is 16.0 Å². The van der Waals surface area contributed by atoms with E-state index in [1.54, 1.807) is 6.07 Å². The number of aromatic amines is 1. The highest BCUT2D eigenvalue weighted by Crippen LogP contribution is 2.54. The molecule has 5 rings (SSSR count). The average molecular weight is 350 g/mol. The van der Waals surface area contributed by atoms with Crippen molar-refractivity contribution in [3.63, 3.8) is 0 Å². The number of aliphatic hydroxyl groups is 1. The molecule has 2 saturated carbocycles. The van der Waals surface area contributed by atoms with Crippen LogP contribution in [0.4, 0.5) is 5.69 Å². The number of anilines is 1. The zero-order valence-corrected chi connectivity index (χ0v) is 14.7. The minimum absolute atomic E-state index is 0.134. The average Bonchev–Trinajstić information content (AvgIpc) is 3.57. The van der Waals surface area contributed by atoms with Crippen molar-refractivity contribution in [2.75, 3.05) is 18.0 Å². The normalized spacial score (nSPS) is 22.4. The summed E-state index contributed by atoms with van der Waals surface area (Å²) in [5.74, 6) is 0.284. The number of hydrogen-bond acceptors (Lipinski definition) is 5. The lowest BCUT2D eigenvalue weighted by Crippen LogP contribution is -2.36. The number of H-pyrrole nitrogens is 1. The molecule has 0 bridgehead atoms. The zero-order chi connectivity index (χ0) is 17.9. The molecule has 3 aliphatic rings. The predicted octanol–water partition coefficient (Wildman–Crippen LogP) is 2.62. The van der Waals surface area contributed by atoms with Gasteiger partial charge >= 0.3 is 0 Å². The molecule has 26 heavy (non-hydrogen) atoms. The van der Waals surface area contributed by atoms with E-state index in [-0.39, 0.29) is 17.0 Å². The molecule has 6 nitrogen and oxygen atoms in total. The molecule has 0 radical (unpaired) electrons. The Morgan fingerprint density at radius 3 is 2.62 bits per heavy atom. The molecule has 0 aromatic carbocycles. The van der Waals surface area contributed by atoms with Crippen LogP contribution in [-0.4, -0.2) is 28.2 Å². The van der Waals surface area contributed by atoms with Crippen LogP contribution in [-0.2, 0) is 0 Å². The van der Waals surface area contributed by atoms with E-state index in [0.717, 1.165) is 38.8 Å². The summed E-state index contributed by atoms with van der Waals surface area (Å²) in [7, 11) is 0. The minimum atomic E-state index is -0.569. The van der Waals surface area contributed by atoms with Crippen molar-refractivity contribution in [1.82, 2.24) is 9.97 Å².